The summed E-state index contributed by atoms with van der Waals surface area (Å²) in [5, 5.41) is 29.6. The van der Waals surface area contributed by atoms with Crippen molar-refractivity contribution in [1.82, 2.24) is 9.78 Å². The van der Waals surface area contributed by atoms with Gasteiger partial charge < -0.3 is 14.9 Å². The minimum atomic E-state index is -1.04. The van der Waals surface area contributed by atoms with Gasteiger partial charge in [-0.1, -0.05) is 18.2 Å². The monoisotopic (exact) mass is 498 g/mol. The average Bonchev–Trinajstić information content (AvgIpc) is 3.33. The number of rotatable bonds is 8. The fourth-order valence-electron chi connectivity index (χ4n) is 3.62. The minimum absolute atomic E-state index is 0.0854. The molecule has 0 radical (unpaired) electrons. The van der Waals surface area contributed by atoms with Crippen molar-refractivity contribution >= 4 is 35.8 Å². The smallest absolute Gasteiger partial charge is 0.335 e. The summed E-state index contributed by atoms with van der Waals surface area (Å²) in [5.74, 6) is -1.05. The molecule has 1 aromatic heterocycles. The van der Waals surface area contributed by atoms with Gasteiger partial charge in [0, 0.05) is 0 Å². The van der Waals surface area contributed by atoms with Crippen LogP contribution in [0.4, 0.5) is 5.69 Å². The molecule has 0 spiro atoms. The topological polar surface area (TPSA) is 134 Å². The predicted molar refractivity (Wildman–Crippen MR) is 137 cm³/mol. The summed E-state index contributed by atoms with van der Waals surface area (Å²) in [6, 6.07) is 12.4. The summed E-state index contributed by atoms with van der Waals surface area (Å²) < 4.78 is 6.09. The minimum Gasteiger partial charge on any atom is -0.493 e. The van der Waals surface area contributed by atoms with E-state index in [4.69, 9.17) is 9.84 Å². The van der Waals surface area contributed by atoms with E-state index in [1.165, 1.54) is 21.8 Å². The Bertz CT molecular complexity index is 1480. The van der Waals surface area contributed by atoms with E-state index in [-0.39, 0.29) is 17.4 Å². The number of carbonyl (C=O) groups is 3. The number of hydrazone groups is 1. The predicted octanol–water partition coefficient (Wildman–Crippen LogP) is 4.04. The molecule has 0 bridgehead atoms. The van der Waals surface area contributed by atoms with E-state index in [2.05, 4.69) is 10.2 Å². The van der Waals surface area contributed by atoms with Crippen molar-refractivity contribution in [2.24, 2.45) is 5.10 Å². The molecule has 2 N–H and O–H groups in total. The number of nitrogens with zero attached hydrogens (tertiary/aromatic N) is 4. The van der Waals surface area contributed by atoms with Gasteiger partial charge in [0.25, 0.3) is 12.4 Å². The van der Waals surface area contributed by atoms with Crippen molar-refractivity contribution in [1.29, 1.82) is 0 Å². The number of aromatic nitrogens is 2. The fraction of sp³-hybridized carbons (Fsp3) is 0.0741. The Morgan fingerprint density at radius 3 is 2.30 bits per heavy atom. The van der Waals surface area contributed by atoms with E-state index in [0.29, 0.717) is 46.1 Å². The van der Waals surface area contributed by atoms with Gasteiger partial charge >= 0.3 is 5.97 Å². The van der Waals surface area contributed by atoms with Crippen LogP contribution >= 0.6 is 0 Å². The van der Waals surface area contributed by atoms with Gasteiger partial charge in [0.15, 0.2) is 0 Å². The first-order valence-electron chi connectivity index (χ1n) is 11.1. The average molecular weight is 498 g/mol. The number of hydrogen-bond acceptors (Lipinski definition) is 7. The Morgan fingerprint density at radius 1 is 0.973 bits per heavy atom. The first-order chi connectivity index (χ1) is 17.8. The summed E-state index contributed by atoms with van der Waals surface area (Å²) in [4.78, 5) is 34.3. The molecule has 3 aromatic rings. The van der Waals surface area contributed by atoms with Gasteiger partial charge in [0.2, 0.25) is 5.88 Å². The van der Waals surface area contributed by atoms with Gasteiger partial charge in [-0.25, -0.2) is 9.48 Å². The van der Waals surface area contributed by atoms with E-state index in [0.717, 1.165) is 0 Å². The van der Waals surface area contributed by atoms with Crippen LogP contribution in [0.5, 0.6) is 11.6 Å². The van der Waals surface area contributed by atoms with Crippen LogP contribution in [0.2, 0.25) is 0 Å². The molecular weight excluding hydrogens is 476 g/mol. The standard InChI is InChI=1S/C27H22N4O6/c1-17-23(25(33)30(28-17)20-10-8-19(9-11-20)27(35)36)6-4-3-5-7-24-18(2)29-31(26(24)34)21-12-14-22(15-13-21)37-16-32/h3-16,33H,1-2H3,(H,35,36). The normalized spacial score (nSPS) is 14.6. The SMILES string of the molecule is CC1=NN(c2ccc(OC=O)cc2)C(=O)C1=CC=CC=Cc1c(C)nn(-c2ccc(C(=O)O)cc2)c1O. The van der Waals surface area contributed by atoms with Crippen molar-refractivity contribution in [3.8, 4) is 17.3 Å². The Hall–Kier alpha value is -5.25. The molecule has 10 nitrogen and oxygen atoms in total. The highest BCUT2D eigenvalue weighted by atomic mass is 16.5. The summed E-state index contributed by atoms with van der Waals surface area (Å²) in [6.45, 7) is 3.81. The van der Waals surface area contributed by atoms with Crippen LogP contribution in [0.1, 0.15) is 28.5 Å². The Balaban J connectivity index is 1.46. The second-order valence-electron chi connectivity index (χ2n) is 7.92. The number of carboxylic acid groups (broad SMARTS) is 1. The van der Waals surface area contributed by atoms with Gasteiger partial charge in [0.05, 0.1) is 39.5 Å². The Morgan fingerprint density at radius 2 is 1.65 bits per heavy atom. The second-order valence-corrected chi connectivity index (χ2v) is 7.92. The lowest BCUT2D eigenvalue weighted by Crippen LogP contribution is -2.21. The molecule has 4 rings (SSSR count). The number of aromatic carboxylic acids is 1. The first kappa shape index (κ1) is 24.9. The summed E-state index contributed by atoms with van der Waals surface area (Å²) in [6.07, 6.45) is 8.43. The van der Waals surface area contributed by atoms with Crippen LogP contribution in [0, 0.1) is 6.92 Å². The summed E-state index contributed by atoms with van der Waals surface area (Å²) >= 11 is 0. The van der Waals surface area contributed by atoms with E-state index in [1.54, 1.807) is 80.6 Å². The van der Waals surface area contributed by atoms with Crippen LogP contribution < -0.4 is 9.75 Å². The molecule has 1 aliphatic rings. The number of benzene rings is 2. The third-order valence-electron chi connectivity index (χ3n) is 5.52. The second kappa shape index (κ2) is 10.6. The maximum atomic E-state index is 12.8. The fourth-order valence-corrected chi connectivity index (χ4v) is 3.62. The van der Waals surface area contributed by atoms with Crippen molar-refractivity contribution < 1.29 is 29.3 Å². The molecule has 0 fully saturated rings. The molecule has 0 unspecified atom stereocenters. The molecule has 1 aliphatic heterocycles. The molecule has 2 aromatic carbocycles. The molecule has 186 valence electrons. The van der Waals surface area contributed by atoms with Crippen molar-refractivity contribution in [2.75, 3.05) is 5.01 Å². The largest absolute Gasteiger partial charge is 0.493 e. The Labute approximate surface area is 211 Å². The van der Waals surface area contributed by atoms with Crippen LogP contribution in [0.3, 0.4) is 0 Å². The molecule has 0 saturated carbocycles. The molecule has 0 saturated heterocycles. The van der Waals surface area contributed by atoms with E-state index in [1.807, 2.05) is 0 Å². The van der Waals surface area contributed by atoms with Gasteiger partial charge in [0.1, 0.15) is 5.75 Å². The molecule has 10 heteroatoms. The van der Waals surface area contributed by atoms with Crippen LogP contribution in [-0.2, 0) is 9.59 Å². The van der Waals surface area contributed by atoms with Crippen LogP contribution in [0.25, 0.3) is 11.8 Å². The zero-order chi connectivity index (χ0) is 26.5. The number of aryl methyl sites for hydroxylation is 1. The van der Waals surface area contributed by atoms with E-state index >= 15 is 0 Å². The molecule has 0 atom stereocenters. The number of anilines is 1. The van der Waals surface area contributed by atoms with Gasteiger partial charge in [-0.15, -0.1) is 0 Å². The number of carboxylic acids is 1. The summed E-state index contributed by atoms with van der Waals surface area (Å²) in [5.41, 5.74) is 3.26. The van der Waals surface area contributed by atoms with E-state index < -0.39 is 5.97 Å². The third kappa shape index (κ3) is 5.22. The highest BCUT2D eigenvalue weighted by Crippen LogP contribution is 2.27. The van der Waals surface area contributed by atoms with Crippen molar-refractivity contribution in [3.05, 3.63) is 95.2 Å². The number of carbonyl (C=O) groups excluding carboxylic acids is 2. The number of ether oxygens (including phenoxy) is 1. The summed E-state index contributed by atoms with van der Waals surface area (Å²) in [7, 11) is 0. The number of allylic oxidation sites excluding steroid dienone is 4. The number of amides is 1. The van der Waals surface area contributed by atoms with Gasteiger partial charge in [-0.2, -0.15) is 15.2 Å². The van der Waals surface area contributed by atoms with Crippen molar-refractivity contribution in [2.45, 2.75) is 13.8 Å². The first-order valence-corrected chi connectivity index (χ1v) is 11.1. The number of aromatic hydroxyl groups is 1. The highest BCUT2D eigenvalue weighted by molar-refractivity contribution is 6.29. The van der Waals surface area contributed by atoms with Crippen molar-refractivity contribution in [3.63, 3.8) is 0 Å². The maximum absolute atomic E-state index is 12.8. The van der Waals surface area contributed by atoms with Crippen LogP contribution in [0.15, 0.2) is 83.5 Å². The number of hydrogen-bond donors (Lipinski definition) is 2. The lowest BCUT2D eigenvalue weighted by Gasteiger charge is -2.11. The van der Waals surface area contributed by atoms with Crippen LogP contribution in [-0.4, -0.2) is 44.1 Å². The van der Waals surface area contributed by atoms with Gasteiger partial charge in [-0.3, -0.25) is 9.59 Å². The zero-order valence-electron chi connectivity index (χ0n) is 19.9. The van der Waals surface area contributed by atoms with E-state index in [9.17, 15) is 19.5 Å². The Kier molecular flexibility index (Phi) is 7.10. The third-order valence-corrected chi connectivity index (χ3v) is 5.52. The molecule has 37 heavy (non-hydrogen) atoms. The van der Waals surface area contributed by atoms with Gasteiger partial charge in [-0.05, 0) is 74.5 Å². The molecule has 0 aliphatic carbocycles. The molecular formula is C27H22N4O6. The lowest BCUT2D eigenvalue weighted by atomic mass is 10.1. The molecule has 2 heterocycles. The highest BCUT2D eigenvalue weighted by Gasteiger charge is 2.28. The quantitative estimate of drug-likeness (QED) is 0.272. The maximum Gasteiger partial charge on any atom is 0.335 e. The zero-order valence-corrected chi connectivity index (χ0v) is 19.9. The lowest BCUT2D eigenvalue weighted by molar-refractivity contribution is -0.120. The molecule has 1 amide bonds.